The molecule has 20 heavy (non-hydrogen) atoms. The molecule has 0 amide bonds. The Balaban J connectivity index is 1.84. The van der Waals surface area contributed by atoms with Crippen LogP contribution in [0.4, 0.5) is 5.69 Å². The summed E-state index contributed by atoms with van der Waals surface area (Å²) >= 11 is 0. The molecule has 0 aromatic heterocycles. The van der Waals surface area contributed by atoms with Gasteiger partial charge in [-0.25, -0.2) is 0 Å². The molecule has 1 fully saturated rings. The van der Waals surface area contributed by atoms with Crippen LogP contribution in [-0.4, -0.2) is 6.04 Å². The van der Waals surface area contributed by atoms with Gasteiger partial charge in [-0.3, -0.25) is 0 Å². The zero-order valence-corrected chi connectivity index (χ0v) is 13.5. The fraction of sp³-hybridized carbons (Fsp3) is 0.684. The van der Waals surface area contributed by atoms with Crippen LogP contribution in [0, 0.1) is 11.8 Å². The highest BCUT2D eigenvalue weighted by atomic mass is 14.9. The highest BCUT2D eigenvalue weighted by Crippen LogP contribution is 2.30. The molecule has 112 valence electrons. The Morgan fingerprint density at radius 2 is 1.80 bits per heavy atom. The molecule has 3 atom stereocenters. The second-order valence-corrected chi connectivity index (χ2v) is 6.80. The Kier molecular flexibility index (Phi) is 5.94. The molecule has 0 heterocycles. The van der Waals surface area contributed by atoms with E-state index in [4.69, 9.17) is 0 Å². The maximum Gasteiger partial charge on any atom is 0.0342 e. The van der Waals surface area contributed by atoms with Gasteiger partial charge in [-0.1, -0.05) is 45.7 Å². The smallest absolute Gasteiger partial charge is 0.0342 e. The van der Waals surface area contributed by atoms with Gasteiger partial charge < -0.3 is 5.32 Å². The van der Waals surface area contributed by atoms with Crippen molar-refractivity contribution in [1.82, 2.24) is 0 Å². The van der Waals surface area contributed by atoms with Crippen LogP contribution in [0.1, 0.15) is 64.9 Å². The van der Waals surface area contributed by atoms with Crippen LogP contribution >= 0.6 is 0 Å². The summed E-state index contributed by atoms with van der Waals surface area (Å²) in [7, 11) is 0. The Labute approximate surface area is 125 Å². The van der Waals surface area contributed by atoms with Crippen molar-refractivity contribution in [3.05, 3.63) is 29.8 Å². The lowest BCUT2D eigenvalue weighted by atomic mass is 9.80. The van der Waals surface area contributed by atoms with E-state index < -0.39 is 0 Å². The zero-order chi connectivity index (χ0) is 14.4. The number of hydrogen-bond donors (Lipinski definition) is 1. The molecule has 1 saturated carbocycles. The van der Waals surface area contributed by atoms with E-state index in [1.165, 1.54) is 56.2 Å². The van der Waals surface area contributed by atoms with E-state index in [2.05, 4.69) is 50.4 Å². The van der Waals surface area contributed by atoms with Crippen molar-refractivity contribution in [1.29, 1.82) is 0 Å². The van der Waals surface area contributed by atoms with Gasteiger partial charge in [0.15, 0.2) is 0 Å². The molecule has 1 nitrogen and oxygen atoms in total. The summed E-state index contributed by atoms with van der Waals surface area (Å²) in [5.74, 6) is 1.70. The Morgan fingerprint density at radius 1 is 1.05 bits per heavy atom. The minimum atomic E-state index is 0.664. The summed E-state index contributed by atoms with van der Waals surface area (Å²) < 4.78 is 0. The summed E-state index contributed by atoms with van der Waals surface area (Å²) in [6.45, 7) is 7.05. The lowest BCUT2D eigenvalue weighted by Crippen LogP contribution is -2.32. The highest BCUT2D eigenvalue weighted by molar-refractivity contribution is 5.45. The molecule has 1 heteroatoms. The van der Waals surface area contributed by atoms with Gasteiger partial charge in [-0.05, 0) is 61.6 Å². The molecule has 3 unspecified atom stereocenters. The number of unbranched alkanes of at least 4 members (excludes halogenated alkanes) is 2. The van der Waals surface area contributed by atoms with Crippen molar-refractivity contribution in [2.75, 3.05) is 5.32 Å². The average Bonchev–Trinajstić information content (AvgIpc) is 2.44. The number of anilines is 1. The quantitative estimate of drug-likeness (QED) is 0.660. The van der Waals surface area contributed by atoms with Crippen LogP contribution in [0.2, 0.25) is 0 Å². The second kappa shape index (κ2) is 7.71. The Morgan fingerprint density at radius 3 is 2.45 bits per heavy atom. The van der Waals surface area contributed by atoms with Gasteiger partial charge in [0.2, 0.25) is 0 Å². The third-order valence-corrected chi connectivity index (χ3v) is 4.81. The molecule has 0 spiro atoms. The van der Waals surface area contributed by atoms with Crippen LogP contribution in [0.3, 0.4) is 0 Å². The van der Waals surface area contributed by atoms with Gasteiger partial charge in [0.1, 0.15) is 0 Å². The van der Waals surface area contributed by atoms with Crippen molar-refractivity contribution < 1.29 is 0 Å². The standard InChI is InChI=1S/C19H31N/c1-4-5-6-7-17-9-11-18(12-10-17)20-19-13-8-15(2)14-16(19)3/h9-12,15-16,19-20H,4-8,13-14H2,1-3H3. The van der Waals surface area contributed by atoms with Crippen molar-refractivity contribution in [2.24, 2.45) is 11.8 Å². The fourth-order valence-electron chi connectivity index (χ4n) is 3.44. The first kappa shape index (κ1) is 15.4. The summed E-state index contributed by atoms with van der Waals surface area (Å²) in [5.41, 5.74) is 2.78. The van der Waals surface area contributed by atoms with Gasteiger partial charge in [-0.15, -0.1) is 0 Å². The minimum Gasteiger partial charge on any atom is -0.382 e. The molecule has 1 N–H and O–H groups in total. The first-order valence-corrected chi connectivity index (χ1v) is 8.54. The maximum absolute atomic E-state index is 3.75. The van der Waals surface area contributed by atoms with E-state index in [-0.39, 0.29) is 0 Å². The summed E-state index contributed by atoms with van der Waals surface area (Å²) in [6.07, 6.45) is 9.26. The molecule has 0 radical (unpaired) electrons. The summed E-state index contributed by atoms with van der Waals surface area (Å²) in [4.78, 5) is 0. The Hall–Kier alpha value is -0.980. The second-order valence-electron chi connectivity index (χ2n) is 6.80. The van der Waals surface area contributed by atoms with Crippen LogP contribution < -0.4 is 5.32 Å². The van der Waals surface area contributed by atoms with Gasteiger partial charge in [0.25, 0.3) is 0 Å². The average molecular weight is 273 g/mol. The van der Waals surface area contributed by atoms with E-state index in [1.54, 1.807) is 0 Å². The highest BCUT2D eigenvalue weighted by Gasteiger charge is 2.24. The van der Waals surface area contributed by atoms with Gasteiger partial charge in [0.05, 0.1) is 0 Å². The van der Waals surface area contributed by atoms with E-state index in [0.717, 1.165) is 11.8 Å². The Bertz CT molecular complexity index is 381. The van der Waals surface area contributed by atoms with Gasteiger partial charge in [-0.2, -0.15) is 0 Å². The lowest BCUT2D eigenvalue weighted by Gasteiger charge is -2.33. The monoisotopic (exact) mass is 273 g/mol. The lowest BCUT2D eigenvalue weighted by molar-refractivity contribution is 0.276. The predicted molar refractivity (Wildman–Crippen MR) is 89.3 cm³/mol. The largest absolute Gasteiger partial charge is 0.382 e. The van der Waals surface area contributed by atoms with Crippen LogP contribution in [0.25, 0.3) is 0 Å². The summed E-state index contributed by atoms with van der Waals surface area (Å²) in [6, 6.07) is 9.80. The fourth-order valence-corrected chi connectivity index (χ4v) is 3.44. The minimum absolute atomic E-state index is 0.664. The molecule has 0 aliphatic heterocycles. The molecular formula is C19H31N. The van der Waals surface area contributed by atoms with E-state index in [1.807, 2.05) is 0 Å². The molecular weight excluding hydrogens is 242 g/mol. The third-order valence-electron chi connectivity index (χ3n) is 4.81. The summed E-state index contributed by atoms with van der Waals surface area (Å²) in [5, 5.41) is 3.75. The normalized spacial score (nSPS) is 26.4. The molecule has 1 aromatic carbocycles. The predicted octanol–water partition coefficient (Wildman–Crippen LogP) is 5.66. The zero-order valence-electron chi connectivity index (χ0n) is 13.5. The van der Waals surface area contributed by atoms with Crippen molar-refractivity contribution >= 4 is 5.69 Å². The third kappa shape index (κ3) is 4.54. The van der Waals surface area contributed by atoms with E-state index in [9.17, 15) is 0 Å². The maximum atomic E-state index is 3.75. The van der Waals surface area contributed by atoms with E-state index in [0.29, 0.717) is 6.04 Å². The van der Waals surface area contributed by atoms with Gasteiger partial charge in [0, 0.05) is 11.7 Å². The molecule has 2 rings (SSSR count). The number of hydrogen-bond acceptors (Lipinski definition) is 1. The van der Waals surface area contributed by atoms with Crippen molar-refractivity contribution in [2.45, 2.75) is 71.8 Å². The number of aryl methyl sites for hydroxylation is 1. The van der Waals surface area contributed by atoms with Crippen LogP contribution in [-0.2, 0) is 6.42 Å². The van der Waals surface area contributed by atoms with Gasteiger partial charge >= 0.3 is 0 Å². The van der Waals surface area contributed by atoms with Crippen LogP contribution in [0.15, 0.2) is 24.3 Å². The van der Waals surface area contributed by atoms with E-state index >= 15 is 0 Å². The number of rotatable bonds is 6. The first-order valence-electron chi connectivity index (χ1n) is 8.54. The van der Waals surface area contributed by atoms with Crippen molar-refractivity contribution in [3.63, 3.8) is 0 Å². The number of nitrogens with one attached hydrogen (secondary N) is 1. The molecule has 1 aromatic rings. The number of benzene rings is 1. The topological polar surface area (TPSA) is 12.0 Å². The molecule has 0 saturated heterocycles. The van der Waals surface area contributed by atoms with Crippen LogP contribution in [0.5, 0.6) is 0 Å². The molecule has 1 aliphatic carbocycles. The first-order chi connectivity index (χ1) is 9.69. The van der Waals surface area contributed by atoms with Crippen molar-refractivity contribution in [3.8, 4) is 0 Å². The SMILES string of the molecule is CCCCCc1ccc(NC2CCC(C)CC2C)cc1. The molecule has 1 aliphatic rings. The molecule has 0 bridgehead atoms.